The summed E-state index contributed by atoms with van der Waals surface area (Å²) < 4.78 is 79.5. The predicted molar refractivity (Wildman–Crippen MR) is 173 cm³/mol. The number of hydrogen-bond donors (Lipinski definition) is 3. The van der Waals surface area contributed by atoms with Gasteiger partial charge in [0, 0.05) is 60.3 Å². The molecular formula is C30H42F2N6O6S2. The van der Waals surface area contributed by atoms with Gasteiger partial charge < -0.3 is 30.2 Å². The third-order valence-corrected chi connectivity index (χ3v) is 9.31. The van der Waals surface area contributed by atoms with Gasteiger partial charge in [-0.1, -0.05) is 13.8 Å². The number of aromatic nitrogens is 2. The number of methoxy groups -OCH3 is 2. The van der Waals surface area contributed by atoms with Gasteiger partial charge in [0.25, 0.3) is 10.0 Å². The van der Waals surface area contributed by atoms with E-state index in [1.807, 2.05) is 13.8 Å². The number of hydrogen-bond acceptors (Lipinski definition) is 11. The number of nitrogens with one attached hydrogen (secondary N) is 3. The molecule has 3 aromatic rings. The monoisotopic (exact) mass is 684 g/mol. The Morgan fingerprint density at radius 1 is 1.04 bits per heavy atom. The molecule has 254 valence electrons. The van der Waals surface area contributed by atoms with Crippen LogP contribution in [0.3, 0.4) is 0 Å². The van der Waals surface area contributed by atoms with Gasteiger partial charge in [-0.15, -0.1) is 0 Å². The Kier molecular flexibility index (Phi) is 12.5. The molecule has 0 bridgehead atoms. The Bertz CT molecular complexity index is 1570. The third-order valence-electron chi connectivity index (χ3n) is 6.76. The van der Waals surface area contributed by atoms with Crippen LogP contribution in [0.5, 0.6) is 11.5 Å². The maximum absolute atomic E-state index is 15.6. The van der Waals surface area contributed by atoms with Gasteiger partial charge in [0.2, 0.25) is 5.13 Å². The van der Waals surface area contributed by atoms with Crippen molar-refractivity contribution in [1.82, 2.24) is 20.0 Å². The van der Waals surface area contributed by atoms with Crippen molar-refractivity contribution < 1.29 is 36.2 Å². The van der Waals surface area contributed by atoms with E-state index in [0.29, 0.717) is 29.7 Å². The van der Waals surface area contributed by atoms with E-state index in [9.17, 15) is 13.2 Å². The zero-order chi connectivity index (χ0) is 34.2. The predicted octanol–water partition coefficient (Wildman–Crippen LogP) is 5.17. The third kappa shape index (κ3) is 9.87. The van der Waals surface area contributed by atoms with Crippen molar-refractivity contribution in [1.29, 1.82) is 0 Å². The Morgan fingerprint density at radius 3 is 2.35 bits per heavy atom. The molecule has 46 heavy (non-hydrogen) atoms. The Hall–Kier alpha value is -3.76. The molecule has 1 unspecified atom stereocenters. The molecule has 2 atom stereocenters. The summed E-state index contributed by atoms with van der Waals surface area (Å²) in [5.41, 5.74) is -0.505. The summed E-state index contributed by atoms with van der Waals surface area (Å²) in [4.78, 5) is 15.5. The second-order valence-corrected chi connectivity index (χ2v) is 14.4. The van der Waals surface area contributed by atoms with E-state index in [4.69, 9.17) is 14.2 Å². The summed E-state index contributed by atoms with van der Waals surface area (Å²) in [6, 6.07) is 5.95. The molecule has 0 radical (unpaired) electrons. The molecule has 16 heteroatoms. The number of nitrogens with zero attached hydrogens (tertiary/aromatic N) is 3. The number of halogens is 2. The molecule has 0 saturated heterocycles. The second kappa shape index (κ2) is 15.7. The summed E-state index contributed by atoms with van der Waals surface area (Å²) >= 11 is 0.780. The van der Waals surface area contributed by atoms with Crippen molar-refractivity contribution in [3.63, 3.8) is 0 Å². The van der Waals surface area contributed by atoms with Crippen LogP contribution in [0.25, 0.3) is 0 Å². The van der Waals surface area contributed by atoms with Crippen LogP contribution >= 0.6 is 11.5 Å². The molecule has 1 aromatic heterocycles. The van der Waals surface area contributed by atoms with Gasteiger partial charge in [-0.25, -0.2) is 31.3 Å². The van der Waals surface area contributed by atoms with Crippen LogP contribution in [0.1, 0.15) is 47.1 Å². The maximum atomic E-state index is 15.6. The first-order valence-corrected chi connectivity index (χ1v) is 16.7. The number of carbonyl (C=O) groups is 1. The van der Waals surface area contributed by atoms with Crippen molar-refractivity contribution in [2.75, 3.05) is 36.9 Å². The number of ether oxygens (including phenoxy) is 3. The summed E-state index contributed by atoms with van der Waals surface area (Å²) in [6.45, 7) is 11.2. The minimum Gasteiger partial charge on any atom is -0.497 e. The second-order valence-electron chi connectivity index (χ2n) is 11.8. The largest absolute Gasteiger partial charge is 0.497 e. The molecule has 0 saturated carbocycles. The van der Waals surface area contributed by atoms with E-state index in [1.165, 1.54) is 20.5 Å². The highest BCUT2D eigenvalue weighted by Gasteiger charge is 2.32. The number of rotatable bonds is 15. The SMILES string of the molecule is COc1ccc(CN(c2ncns2)S(=O)(=O)c2cc(F)c(NCC(CNC(C)C)[C@@H](C)NC(=O)OC(C)(C)C)cc2F)c(OC)c1. The molecule has 3 N–H and O–H groups in total. The average Bonchev–Trinajstić information content (AvgIpc) is 3.50. The van der Waals surface area contributed by atoms with Gasteiger partial charge in [-0.05, 0) is 45.9 Å². The first kappa shape index (κ1) is 36.7. The molecule has 0 aliphatic heterocycles. The fraction of sp³-hybridized carbons (Fsp3) is 0.500. The van der Waals surface area contributed by atoms with E-state index < -0.39 is 44.3 Å². The quantitative estimate of drug-likeness (QED) is 0.196. The van der Waals surface area contributed by atoms with Gasteiger partial charge in [0.15, 0.2) is 0 Å². The lowest BCUT2D eigenvalue weighted by molar-refractivity contribution is 0.0493. The topological polar surface area (TPSA) is 144 Å². The lowest BCUT2D eigenvalue weighted by atomic mass is 10.0. The molecule has 3 rings (SSSR count). The van der Waals surface area contributed by atoms with Crippen LogP contribution in [0, 0.1) is 17.6 Å². The molecule has 1 amide bonds. The molecule has 0 spiro atoms. The number of anilines is 2. The van der Waals surface area contributed by atoms with Crippen LogP contribution in [0.2, 0.25) is 0 Å². The number of carbonyl (C=O) groups excluding carboxylic acids is 1. The van der Waals surface area contributed by atoms with Gasteiger partial charge in [0.05, 0.1) is 26.5 Å². The maximum Gasteiger partial charge on any atom is 0.407 e. The highest BCUT2D eigenvalue weighted by Crippen LogP contribution is 2.33. The minimum absolute atomic E-state index is 0.0492. The fourth-order valence-corrected chi connectivity index (χ4v) is 6.51. The first-order chi connectivity index (χ1) is 21.5. The van der Waals surface area contributed by atoms with Crippen molar-refractivity contribution in [3.05, 3.63) is 53.9 Å². The highest BCUT2D eigenvalue weighted by molar-refractivity contribution is 7.93. The van der Waals surface area contributed by atoms with Gasteiger partial charge >= 0.3 is 6.09 Å². The van der Waals surface area contributed by atoms with Crippen LogP contribution in [-0.4, -0.2) is 68.9 Å². The number of amides is 1. The van der Waals surface area contributed by atoms with Crippen LogP contribution in [0.15, 0.2) is 41.6 Å². The van der Waals surface area contributed by atoms with E-state index in [2.05, 4.69) is 25.3 Å². The molecule has 0 fully saturated rings. The van der Waals surface area contributed by atoms with Gasteiger partial charge in [-0.2, -0.15) is 4.37 Å². The van der Waals surface area contributed by atoms with Crippen LogP contribution in [-0.2, 0) is 21.3 Å². The van der Waals surface area contributed by atoms with Crippen LogP contribution < -0.4 is 29.7 Å². The Morgan fingerprint density at radius 2 is 1.76 bits per heavy atom. The van der Waals surface area contributed by atoms with Crippen molar-refractivity contribution in [2.45, 2.75) is 70.7 Å². The van der Waals surface area contributed by atoms with E-state index >= 15 is 8.78 Å². The Labute approximate surface area is 273 Å². The van der Waals surface area contributed by atoms with Crippen molar-refractivity contribution in [3.8, 4) is 11.5 Å². The smallest absolute Gasteiger partial charge is 0.407 e. The van der Waals surface area contributed by atoms with Crippen molar-refractivity contribution >= 4 is 38.5 Å². The summed E-state index contributed by atoms with van der Waals surface area (Å²) in [5.74, 6) is -1.63. The van der Waals surface area contributed by atoms with Crippen LogP contribution in [0.4, 0.5) is 24.4 Å². The zero-order valence-corrected chi connectivity index (χ0v) is 28.8. The summed E-state index contributed by atoms with van der Waals surface area (Å²) in [6.07, 6.45) is 0.564. The van der Waals surface area contributed by atoms with E-state index in [-0.39, 0.29) is 35.9 Å². The standard InChI is InChI=1S/C30H42F2N6O6S2/c1-18(2)33-14-21(19(3)37-29(39)44-30(4,5)6)15-34-25-12-24(32)27(13-23(25)31)46(40,41)38(28-35-17-36-45-28)16-20-9-10-22(42-7)11-26(20)43-8/h9-13,17-19,21,33-34H,14-16H2,1-8H3,(H,37,39)/t19-,21?/m1/s1. The summed E-state index contributed by atoms with van der Waals surface area (Å²) in [7, 11) is -1.79. The summed E-state index contributed by atoms with van der Waals surface area (Å²) in [5, 5.41) is 8.91. The number of alkyl carbamates (subject to hydrolysis) is 1. The molecule has 12 nitrogen and oxygen atoms in total. The lowest BCUT2D eigenvalue weighted by Gasteiger charge is -2.28. The average molecular weight is 685 g/mol. The molecule has 2 aromatic carbocycles. The van der Waals surface area contributed by atoms with Crippen molar-refractivity contribution in [2.24, 2.45) is 5.92 Å². The first-order valence-electron chi connectivity index (χ1n) is 14.5. The molecule has 0 aliphatic carbocycles. The molecule has 0 aliphatic rings. The van der Waals surface area contributed by atoms with Gasteiger partial charge in [-0.3, -0.25) is 0 Å². The fourth-order valence-electron chi connectivity index (χ4n) is 4.32. The van der Waals surface area contributed by atoms with E-state index in [1.54, 1.807) is 45.9 Å². The molecular weight excluding hydrogens is 642 g/mol. The normalized spacial score (nSPS) is 13.2. The highest BCUT2D eigenvalue weighted by atomic mass is 32.2. The number of sulfonamides is 1. The molecule has 1 heterocycles. The zero-order valence-electron chi connectivity index (χ0n) is 27.2. The number of benzene rings is 2. The van der Waals surface area contributed by atoms with Gasteiger partial charge in [0.1, 0.15) is 40.0 Å². The van der Waals surface area contributed by atoms with E-state index in [0.717, 1.165) is 21.9 Å². The Balaban J connectivity index is 1.88. The lowest BCUT2D eigenvalue weighted by Crippen LogP contribution is -2.47. The minimum atomic E-state index is -4.68.